The molecule has 0 saturated heterocycles. The number of hydrogen-bond acceptors (Lipinski definition) is 2. The Hall–Kier alpha value is -1.48. The predicted molar refractivity (Wildman–Crippen MR) is 71.1 cm³/mol. The third-order valence-corrected chi connectivity index (χ3v) is 2.02. The minimum absolute atomic E-state index is 0.00797. The average molecular weight is 232 g/mol. The van der Waals surface area contributed by atoms with Crippen molar-refractivity contribution in [3.63, 3.8) is 0 Å². The molecule has 0 heterocycles. The van der Waals surface area contributed by atoms with E-state index in [1.807, 2.05) is 0 Å². The Morgan fingerprint density at radius 3 is 2.47 bits per heavy atom. The molecule has 2 heteroatoms. The third-order valence-electron chi connectivity index (χ3n) is 2.02. The highest BCUT2D eigenvalue weighted by Gasteiger charge is 1.96. The van der Waals surface area contributed by atoms with Gasteiger partial charge in [0, 0.05) is 0 Å². The van der Waals surface area contributed by atoms with E-state index >= 15 is 0 Å². The lowest BCUT2D eigenvalue weighted by atomic mass is 10.1. The number of aliphatic hydroxyl groups excluding tert-OH is 2. The fourth-order valence-corrected chi connectivity index (χ4v) is 1.13. The van der Waals surface area contributed by atoms with Crippen molar-refractivity contribution in [1.82, 2.24) is 0 Å². The average Bonchev–Trinajstić information content (AvgIpc) is 2.33. The second-order valence-corrected chi connectivity index (χ2v) is 3.55. The van der Waals surface area contributed by atoms with Crippen LogP contribution in [0.4, 0.5) is 0 Å². The normalized spacial score (nSPS) is 11.9. The molecule has 0 radical (unpaired) electrons. The van der Waals surface area contributed by atoms with Gasteiger partial charge >= 0.3 is 0 Å². The van der Waals surface area contributed by atoms with E-state index in [1.54, 1.807) is 24.3 Å². The van der Waals surface area contributed by atoms with Gasteiger partial charge in [-0.25, -0.2) is 0 Å². The van der Waals surface area contributed by atoms with E-state index < -0.39 is 6.10 Å². The fourth-order valence-electron chi connectivity index (χ4n) is 1.13. The summed E-state index contributed by atoms with van der Waals surface area (Å²) in [4.78, 5) is 0. The Balaban J connectivity index is 3.80. The topological polar surface area (TPSA) is 40.5 Å². The van der Waals surface area contributed by atoms with Crippen molar-refractivity contribution >= 4 is 0 Å². The molecule has 2 N–H and O–H groups in total. The van der Waals surface area contributed by atoms with Gasteiger partial charge in [-0.3, -0.25) is 0 Å². The predicted octanol–water partition coefficient (Wildman–Crippen LogP) is 2.04. The second-order valence-electron chi connectivity index (χ2n) is 3.55. The molecule has 17 heavy (non-hydrogen) atoms. The molecule has 2 nitrogen and oxygen atoms in total. The summed E-state index contributed by atoms with van der Waals surface area (Å²) in [7, 11) is 0. The van der Waals surface area contributed by atoms with E-state index in [2.05, 4.69) is 30.6 Å². The van der Waals surface area contributed by atoms with Crippen LogP contribution in [0.1, 0.15) is 32.6 Å². The molecule has 1 unspecified atom stereocenters. The van der Waals surface area contributed by atoms with Crippen LogP contribution in [0.5, 0.6) is 0 Å². The Morgan fingerprint density at radius 2 is 1.82 bits per heavy atom. The maximum absolute atomic E-state index is 9.52. The quantitative estimate of drug-likeness (QED) is 0.543. The van der Waals surface area contributed by atoms with Gasteiger partial charge in [0.05, 0.1) is 12.7 Å². The number of aliphatic hydroxyl groups is 2. The van der Waals surface area contributed by atoms with Crippen molar-refractivity contribution in [1.29, 1.82) is 0 Å². The minimum Gasteiger partial charge on any atom is -0.392 e. The van der Waals surface area contributed by atoms with Crippen LogP contribution >= 0.6 is 0 Å². The maximum Gasteiger partial charge on any atom is 0.0730 e. The molecule has 0 bridgehead atoms. The summed E-state index contributed by atoms with van der Waals surface area (Å²) >= 11 is 0. The third kappa shape index (κ3) is 12.5. The summed E-state index contributed by atoms with van der Waals surface area (Å²) in [6.07, 6.45) is 10.2. The number of rotatable bonds is 6. The number of unbranched alkanes of at least 4 members (excludes halogenated alkanes) is 2. The highest BCUT2D eigenvalue weighted by atomic mass is 16.3. The largest absolute Gasteiger partial charge is 0.392 e. The standard InChI is InChI=1S/C15H20O2/c1-2-3-9-12-15(17)13-10-7-5-4-6-8-11-14-16/h8,10-11,13,15-17H,2-3,9,12,14H2,1H3. The van der Waals surface area contributed by atoms with Crippen molar-refractivity contribution in [2.24, 2.45) is 0 Å². The molecule has 0 aromatic carbocycles. The van der Waals surface area contributed by atoms with E-state index in [-0.39, 0.29) is 6.61 Å². The molecule has 92 valence electrons. The molecule has 0 aliphatic heterocycles. The van der Waals surface area contributed by atoms with Crippen LogP contribution in [0.15, 0.2) is 24.3 Å². The van der Waals surface area contributed by atoms with E-state index in [0.717, 1.165) is 25.7 Å². The van der Waals surface area contributed by atoms with Crippen LogP contribution in [0.3, 0.4) is 0 Å². The van der Waals surface area contributed by atoms with Crippen molar-refractivity contribution in [2.75, 3.05) is 6.61 Å². The van der Waals surface area contributed by atoms with Crippen molar-refractivity contribution in [2.45, 2.75) is 38.7 Å². The summed E-state index contributed by atoms with van der Waals surface area (Å²) in [6, 6.07) is 0. The van der Waals surface area contributed by atoms with Crippen LogP contribution in [0.25, 0.3) is 0 Å². The summed E-state index contributed by atoms with van der Waals surface area (Å²) < 4.78 is 0. The minimum atomic E-state index is -0.405. The Labute approximate surface area is 104 Å². The lowest BCUT2D eigenvalue weighted by molar-refractivity contribution is 0.208. The molecule has 0 aliphatic rings. The zero-order valence-corrected chi connectivity index (χ0v) is 10.3. The SMILES string of the molecule is CCCCCC(O)C=CC#CC#CC=CCO. The molecule has 0 rings (SSSR count). The van der Waals surface area contributed by atoms with Crippen molar-refractivity contribution in [3.05, 3.63) is 24.3 Å². The first-order valence-corrected chi connectivity index (χ1v) is 5.93. The Morgan fingerprint density at radius 1 is 1.12 bits per heavy atom. The van der Waals surface area contributed by atoms with Gasteiger partial charge in [0.15, 0.2) is 0 Å². The first kappa shape index (κ1) is 15.5. The molecule has 0 aromatic heterocycles. The second kappa shape index (κ2) is 12.6. The highest BCUT2D eigenvalue weighted by molar-refractivity contribution is 5.34. The molecule has 0 aliphatic carbocycles. The van der Waals surface area contributed by atoms with Gasteiger partial charge in [-0.2, -0.15) is 0 Å². The summed E-state index contributed by atoms with van der Waals surface area (Å²) in [5, 5.41) is 17.9. The van der Waals surface area contributed by atoms with E-state index in [0.29, 0.717) is 0 Å². The molecule has 0 amide bonds. The van der Waals surface area contributed by atoms with Gasteiger partial charge in [-0.1, -0.05) is 44.1 Å². The zero-order chi connectivity index (χ0) is 12.8. The van der Waals surface area contributed by atoms with Gasteiger partial charge < -0.3 is 10.2 Å². The van der Waals surface area contributed by atoms with Gasteiger partial charge in [0.25, 0.3) is 0 Å². The summed E-state index contributed by atoms with van der Waals surface area (Å²) in [5.74, 6) is 10.6. The van der Waals surface area contributed by atoms with Crippen LogP contribution in [-0.2, 0) is 0 Å². The van der Waals surface area contributed by atoms with Crippen LogP contribution in [0.2, 0.25) is 0 Å². The molecule has 0 saturated carbocycles. The molecule has 1 atom stereocenters. The number of allylic oxidation sites excluding steroid dienone is 2. The van der Waals surface area contributed by atoms with Gasteiger partial charge in [-0.15, -0.1) is 0 Å². The van der Waals surface area contributed by atoms with Crippen molar-refractivity contribution in [3.8, 4) is 23.7 Å². The molecular weight excluding hydrogens is 212 g/mol. The Bertz CT molecular complexity index is 345. The monoisotopic (exact) mass is 232 g/mol. The lowest BCUT2D eigenvalue weighted by Crippen LogP contribution is -2.00. The molecule has 0 spiro atoms. The molecule has 0 aromatic rings. The smallest absolute Gasteiger partial charge is 0.0730 e. The molecular formula is C15H20O2. The van der Waals surface area contributed by atoms with Crippen LogP contribution in [-0.4, -0.2) is 22.9 Å². The van der Waals surface area contributed by atoms with E-state index in [4.69, 9.17) is 5.11 Å². The van der Waals surface area contributed by atoms with E-state index in [1.165, 1.54) is 0 Å². The van der Waals surface area contributed by atoms with Crippen LogP contribution in [0, 0.1) is 23.7 Å². The van der Waals surface area contributed by atoms with E-state index in [9.17, 15) is 5.11 Å². The number of hydrogen-bond donors (Lipinski definition) is 2. The van der Waals surface area contributed by atoms with Gasteiger partial charge in [-0.05, 0) is 36.5 Å². The summed E-state index contributed by atoms with van der Waals surface area (Å²) in [5.41, 5.74) is 0. The highest BCUT2D eigenvalue weighted by Crippen LogP contribution is 2.03. The molecule has 0 fully saturated rings. The summed E-state index contributed by atoms with van der Waals surface area (Å²) in [6.45, 7) is 2.13. The van der Waals surface area contributed by atoms with Gasteiger partial charge in [0.2, 0.25) is 0 Å². The zero-order valence-electron chi connectivity index (χ0n) is 10.3. The van der Waals surface area contributed by atoms with Crippen LogP contribution < -0.4 is 0 Å². The fraction of sp³-hybridized carbons (Fsp3) is 0.467. The first-order valence-electron chi connectivity index (χ1n) is 5.93. The van der Waals surface area contributed by atoms with Crippen molar-refractivity contribution < 1.29 is 10.2 Å². The first-order chi connectivity index (χ1) is 8.31. The maximum atomic E-state index is 9.52. The van der Waals surface area contributed by atoms with Gasteiger partial charge in [0.1, 0.15) is 0 Å². The lowest BCUT2D eigenvalue weighted by Gasteiger charge is -2.02. The Kier molecular flexibility index (Phi) is 11.5.